The number of nitrogens with zero attached hydrogens (tertiary/aromatic N) is 1. The van der Waals surface area contributed by atoms with Crippen molar-refractivity contribution in [2.75, 3.05) is 5.73 Å². The van der Waals surface area contributed by atoms with E-state index in [0.717, 1.165) is 6.07 Å². The van der Waals surface area contributed by atoms with E-state index in [-0.39, 0.29) is 17.3 Å². The number of amides is 1. The zero-order chi connectivity index (χ0) is 14.0. The van der Waals surface area contributed by atoms with Crippen molar-refractivity contribution in [2.24, 2.45) is 0 Å². The molecule has 0 aliphatic carbocycles. The van der Waals surface area contributed by atoms with Gasteiger partial charge < -0.3 is 11.1 Å². The second-order valence-electron chi connectivity index (χ2n) is 3.92. The first-order valence-electron chi connectivity index (χ1n) is 5.44. The fraction of sp³-hybridized carbons (Fsp3) is 0.167. The van der Waals surface area contributed by atoms with Crippen LogP contribution in [0, 0.1) is 11.6 Å². The van der Waals surface area contributed by atoms with Gasteiger partial charge >= 0.3 is 0 Å². The van der Waals surface area contributed by atoms with Crippen molar-refractivity contribution in [3.8, 4) is 0 Å². The maximum Gasteiger partial charge on any atom is 0.254 e. The SMILES string of the molecule is CC(NC(=O)c1cc(N)c(F)cc1F)c1nccs1. The molecule has 7 heteroatoms. The lowest BCUT2D eigenvalue weighted by Crippen LogP contribution is -2.27. The first-order valence-corrected chi connectivity index (χ1v) is 6.31. The van der Waals surface area contributed by atoms with Crippen LogP contribution in [0.3, 0.4) is 0 Å². The summed E-state index contributed by atoms with van der Waals surface area (Å²) in [6.07, 6.45) is 1.61. The van der Waals surface area contributed by atoms with Gasteiger partial charge in [0.25, 0.3) is 5.91 Å². The molecule has 1 aromatic carbocycles. The normalized spacial score (nSPS) is 12.2. The minimum atomic E-state index is -0.949. The Labute approximate surface area is 112 Å². The van der Waals surface area contributed by atoms with Crippen molar-refractivity contribution in [2.45, 2.75) is 13.0 Å². The summed E-state index contributed by atoms with van der Waals surface area (Å²) in [5.74, 6) is -2.50. The summed E-state index contributed by atoms with van der Waals surface area (Å²) in [6, 6.07) is 1.21. The zero-order valence-electron chi connectivity index (χ0n) is 9.98. The number of thiazole rings is 1. The average Bonchev–Trinajstić information content (AvgIpc) is 2.87. The van der Waals surface area contributed by atoms with Gasteiger partial charge in [-0.05, 0) is 13.0 Å². The molecule has 0 radical (unpaired) electrons. The fourth-order valence-electron chi connectivity index (χ4n) is 1.52. The van der Waals surface area contributed by atoms with E-state index in [4.69, 9.17) is 5.73 Å². The Morgan fingerprint density at radius 3 is 2.79 bits per heavy atom. The summed E-state index contributed by atoms with van der Waals surface area (Å²) in [7, 11) is 0. The summed E-state index contributed by atoms with van der Waals surface area (Å²) in [4.78, 5) is 15.9. The Balaban J connectivity index is 2.19. The molecule has 1 heterocycles. The molecule has 0 bridgehead atoms. The third-order valence-corrected chi connectivity index (χ3v) is 3.46. The highest BCUT2D eigenvalue weighted by Gasteiger charge is 2.18. The van der Waals surface area contributed by atoms with Gasteiger partial charge in [-0.15, -0.1) is 11.3 Å². The lowest BCUT2D eigenvalue weighted by molar-refractivity contribution is 0.0935. The smallest absolute Gasteiger partial charge is 0.254 e. The Morgan fingerprint density at radius 1 is 1.42 bits per heavy atom. The van der Waals surface area contributed by atoms with Crippen molar-refractivity contribution < 1.29 is 13.6 Å². The van der Waals surface area contributed by atoms with Crippen molar-refractivity contribution in [3.63, 3.8) is 0 Å². The van der Waals surface area contributed by atoms with Crippen molar-refractivity contribution in [1.29, 1.82) is 0 Å². The van der Waals surface area contributed by atoms with Crippen LogP contribution in [0.1, 0.15) is 28.3 Å². The fourth-order valence-corrected chi connectivity index (χ4v) is 2.17. The number of anilines is 1. The molecule has 1 aromatic heterocycles. The molecule has 0 saturated carbocycles. The van der Waals surface area contributed by atoms with E-state index in [1.54, 1.807) is 18.5 Å². The Hall–Kier alpha value is -2.02. The number of nitrogens with one attached hydrogen (secondary N) is 1. The topological polar surface area (TPSA) is 68.0 Å². The molecule has 1 amide bonds. The number of benzene rings is 1. The van der Waals surface area contributed by atoms with E-state index >= 15 is 0 Å². The van der Waals surface area contributed by atoms with Gasteiger partial charge in [-0.2, -0.15) is 0 Å². The number of carbonyl (C=O) groups excluding carboxylic acids is 1. The van der Waals surface area contributed by atoms with Gasteiger partial charge in [-0.1, -0.05) is 0 Å². The van der Waals surface area contributed by atoms with Gasteiger partial charge in [-0.3, -0.25) is 4.79 Å². The van der Waals surface area contributed by atoms with E-state index < -0.39 is 17.5 Å². The van der Waals surface area contributed by atoms with E-state index in [1.807, 2.05) is 0 Å². The largest absolute Gasteiger partial charge is 0.396 e. The molecule has 0 fully saturated rings. The van der Waals surface area contributed by atoms with Crippen LogP contribution in [-0.2, 0) is 0 Å². The van der Waals surface area contributed by atoms with Crippen LogP contribution in [0.2, 0.25) is 0 Å². The Kier molecular flexibility index (Phi) is 3.75. The summed E-state index contributed by atoms with van der Waals surface area (Å²) in [5.41, 5.74) is 4.76. The monoisotopic (exact) mass is 283 g/mol. The maximum absolute atomic E-state index is 13.5. The number of nitrogen functional groups attached to an aromatic ring is 1. The summed E-state index contributed by atoms with van der Waals surface area (Å²) >= 11 is 1.37. The van der Waals surface area contributed by atoms with E-state index in [9.17, 15) is 13.6 Å². The summed E-state index contributed by atoms with van der Waals surface area (Å²) < 4.78 is 26.5. The van der Waals surface area contributed by atoms with Gasteiger partial charge in [0.15, 0.2) is 0 Å². The number of aromatic nitrogens is 1. The third-order valence-electron chi connectivity index (χ3n) is 2.50. The number of carbonyl (C=O) groups is 1. The minimum absolute atomic E-state index is 0.270. The Bertz CT molecular complexity index is 601. The van der Waals surface area contributed by atoms with Crippen LogP contribution in [0.5, 0.6) is 0 Å². The molecule has 0 saturated heterocycles. The second kappa shape index (κ2) is 5.31. The molecule has 4 nitrogen and oxygen atoms in total. The first-order chi connectivity index (χ1) is 8.99. The summed E-state index contributed by atoms with van der Waals surface area (Å²) in [5, 5.41) is 5.05. The van der Waals surface area contributed by atoms with Crippen LogP contribution in [-0.4, -0.2) is 10.9 Å². The second-order valence-corrected chi connectivity index (χ2v) is 4.85. The van der Waals surface area contributed by atoms with E-state index in [2.05, 4.69) is 10.3 Å². The lowest BCUT2D eigenvalue weighted by atomic mass is 10.1. The van der Waals surface area contributed by atoms with Crippen molar-refractivity contribution in [1.82, 2.24) is 10.3 Å². The molecular formula is C12H11F2N3OS. The van der Waals surface area contributed by atoms with E-state index in [1.165, 1.54) is 11.3 Å². The molecule has 1 atom stereocenters. The molecule has 2 aromatic rings. The lowest BCUT2D eigenvalue weighted by Gasteiger charge is -2.12. The highest BCUT2D eigenvalue weighted by molar-refractivity contribution is 7.09. The summed E-state index contributed by atoms with van der Waals surface area (Å²) in [6.45, 7) is 1.72. The van der Waals surface area contributed by atoms with Gasteiger partial charge in [0, 0.05) is 17.6 Å². The molecule has 0 aliphatic rings. The van der Waals surface area contributed by atoms with Gasteiger partial charge in [0.05, 0.1) is 17.3 Å². The quantitative estimate of drug-likeness (QED) is 0.850. The van der Waals surface area contributed by atoms with Crippen LogP contribution in [0.25, 0.3) is 0 Å². The Morgan fingerprint density at radius 2 is 2.16 bits per heavy atom. The number of nitrogens with two attached hydrogens (primary N) is 1. The molecule has 3 N–H and O–H groups in total. The number of halogens is 2. The van der Waals surface area contributed by atoms with Crippen LogP contribution in [0.15, 0.2) is 23.7 Å². The molecule has 0 spiro atoms. The standard InChI is InChI=1S/C12H11F2N3OS/c1-6(12-16-2-3-19-12)17-11(18)7-4-10(15)9(14)5-8(7)13/h2-6H,15H2,1H3,(H,17,18). The molecule has 2 rings (SSSR count). The van der Waals surface area contributed by atoms with Gasteiger partial charge in [0.2, 0.25) is 0 Å². The van der Waals surface area contributed by atoms with Gasteiger partial charge in [-0.25, -0.2) is 13.8 Å². The average molecular weight is 283 g/mol. The van der Waals surface area contributed by atoms with E-state index in [0.29, 0.717) is 11.1 Å². The molecule has 1 unspecified atom stereocenters. The predicted molar refractivity (Wildman–Crippen MR) is 68.8 cm³/mol. The van der Waals surface area contributed by atoms with Crippen LogP contribution in [0.4, 0.5) is 14.5 Å². The molecular weight excluding hydrogens is 272 g/mol. The molecule has 100 valence electrons. The third kappa shape index (κ3) is 2.87. The first kappa shape index (κ1) is 13.4. The number of hydrogen-bond donors (Lipinski definition) is 2. The molecule has 19 heavy (non-hydrogen) atoms. The minimum Gasteiger partial charge on any atom is -0.396 e. The molecule has 0 aliphatic heterocycles. The maximum atomic E-state index is 13.5. The van der Waals surface area contributed by atoms with Crippen molar-refractivity contribution >= 4 is 22.9 Å². The van der Waals surface area contributed by atoms with Crippen LogP contribution < -0.4 is 11.1 Å². The van der Waals surface area contributed by atoms with Crippen LogP contribution >= 0.6 is 11.3 Å². The van der Waals surface area contributed by atoms with Gasteiger partial charge in [0.1, 0.15) is 16.6 Å². The number of hydrogen-bond acceptors (Lipinski definition) is 4. The zero-order valence-corrected chi connectivity index (χ0v) is 10.8. The highest BCUT2D eigenvalue weighted by atomic mass is 32.1. The number of rotatable bonds is 3. The van der Waals surface area contributed by atoms with Crippen molar-refractivity contribution in [3.05, 3.63) is 45.9 Å². The predicted octanol–water partition coefficient (Wildman–Crippen LogP) is 2.49. The highest BCUT2D eigenvalue weighted by Crippen LogP contribution is 2.19.